The number of nitrogens with zero attached hydrogens (tertiary/aromatic N) is 1. The van der Waals surface area contributed by atoms with E-state index in [1.807, 2.05) is 12.1 Å². The fourth-order valence-corrected chi connectivity index (χ4v) is 3.49. The fraction of sp³-hybridized carbons (Fsp3) is 0.333. The van der Waals surface area contributed by atoms with Crippen LogP contribution in [0.3, 0.4) is 0 Å². The third kappa shape index (κ3) is 3.35. The van der Waals surface area contributed by atoms with Crippen molar-refractivity contribution in [1.82, 2.24) is 4.90 Å². The molecule has 1 fully saturated rings. The number of esters is 1. The highest BCUT2D eigenvalue weighted by atomic mass is 16.5. The molecule has 1 aliphatic rings. The molecule has 0 unspecified atom stereocenters. The van der Waals surface area contributed by atoms with Crippen LogP contribution in [0.4, 0.5) is 0 Å². The molecule has 26 heavy (non-hydrogen) atoms. The maximum absolute atomic E-state index is 13.3. The number of carbonyl (C=O) groups is 2. The Morgan fingerprint density at radius 1 is 0.962 bits per heavy atom. The van der Waals surface area contributed by atoms with Crippen molar-refractivity contribution >= 4 is 11.9 Å². The van der Waals surface area contributed by atoms with Crippen LogP contribution in [0, 0.1) is 5.92 Å². The molecule has 3 rings (SSSR count). The Labute approximate surface area is 153 Å². The van der Waals surface area contributed by atoms with Crippen molar-refractivity contribution in [3.63, 3.8) is 0 Å². The predicted molar refractivity (Wildman–Crippen MR) is 97.2 cm³/mol. The molecule has 1 amide bonds. The van der Waals surface area contributed by atoms with Crippen LogP contribution < -0.4 is 0 Å². The number of hydrogen-bond acceptors (Lipinski definition) is 4. The van der Waals surface area contributed by atoms with Crippen LogP contribution in [0.5, 0.6) is 0 Å². The van der Waals surface area contributed by atoms with Gasteiger partial charge in [0, 0.05) is 13.1 Å². The first-order valence-corrected chi connectivity index (χ1v) is 8.78. The van der Waals surface area contributed by atoms with Gasteiger partial charge >= 0.3 is 5.97 Å². The normalized spacial score (nSPS) is 15.5. The average molecular weight is 353 g/mol. The summed E-state index contributed by atoms with van der Waals surface area (Å²) in [6.07, 6.45) is 1.08. The molecule has 0 radical (unpaired) electrons. The van der Waals surface area contributed by atoms with Gasteiger partial charge in [-0.05, 0) is 24.0 Å². The number of hydrogen-bond donors (Lipinski definition) is 1. The van der Waals surface area contributed by atoms with Crippen LogP contribution in [0.1, 0.15) is 24.0 Å². The van der Waals surface area contributed by atoms with E-state index < -0.39 is 5.60 Å². The maximum Gasteiger partial charge on any atom is 0.308 e. The molecule has 136 valence electrons. The largest absolute Gasteiger partial charge is 0.469 e. The Bertz CT molecular complexity index is 713. The van der Waals surface area contributed by atoms with Gasteiger partial charge in [0.15, 0.2) is 5.60 Å². The smallest absolute Gasteiger partial charge is 0.308 e. The number of piperidine rings is 1. The standard InChI is InChI=1S/C21H23NO4/c1-26-19(23)16-12-14-22(15-13-16)20(24)21(25,17-8-4-2-5-9-17)18-10-6-3-7-11-18/h2-11,16,25H,12-15H2,1H3. The molecule has 1 aliphatic heterocycles. The van der Waals surface area contributed by atoms with E-state index in [2.05, 4.69) is 0 Å². The van der Waals surface area contributed by atoms with Gasteiger partial charge in [-0.15, -0.1) is 0 Å². The van der Waals surface area contributed by atoms with E-state index in [1.54, 1.807) is 53.4 Å². The van der Waals surface area contributed by atoms with Gasteiger partial charge in [0.2, 0.25) is 0 Å². The quantitative estimate of drug-likeness (QED) is 0.857. The summed E-state index contributed by atoms with van der Waals surface area (Å²) in [6.45, 7) is 0.834. The van der Waals surface area contributed by atoms with E-state index in [4.69, 9.17) is 4.74 Å². The monoisotopic (exact) mass is 353 g/mol. The summed E-state index contributed by atoms with van der Waals surface area (Å²) in [5, 5.41) is 11.5. The van der Waals surface area contributed by atoms with Gasteiger partial charge in [0.25, 0.3) is 5.91 Å². The van der Waals surface area contributed by atoms with Crippen molar-refractivity contribution in [3.8, 4) is 0 Å². The fourth-order valence-electron chi connectivity index (χ4n) is 3.49. The highest BCUT2D eigenvalue weighted by Gasteiger charge is 2.43. The number of likely N-dealkylation sites (tertiary alicyclic amines) is 1. The van der Waals surface area contributed by atoms with Crippen molar-refractivity contribution in [3.05, 3.63) is 71.8 Å². The lowest BCUT2D eigenvalue weighted by molar-refractivity contribution is -0.154. The average Bonchev–Trinajstić information content (AvgIpc) is 2.73. The lowest BCUT2D eigenvalue weighted by atomic mass is 9.84. The van der Waals surface area contributed by atoms with Gasteiger partial charge in [-0.1, -0.05) is 60.7 Å². The molecule has 1 saturated heterocycles. The zero-order valence-electron chi connectivity index (χ0n) is 14.8. The van der Waals surface area contributed by atoms with Crippen molar-refractivity contribution in [2.45, 2.75) is 18.4 Å². The lowest BCUT2D eigenvalue weighted by Gasteiger charge is -2.37. The number of amides is 1. The Balaban J connectivity index is 1.89. The van der Waals surface area contributed by atoms with E-state index in [0.717, 1.165) is 0 Å². The summed E-state index contributed by atoms with van der Waals surface area (Å²) in [5.41, 5.74) is -0.682. The second-order valence-electron chi connectivity index (χ2n) is 6.53. The SMILES string of the molecule is COC(=O)C1CCN(C(=O)C(O)(c2ccccc2)c2ccccc2)CC1. The van der Waals surface area contributed by atoms with E-state index in [9.17, 15) is 14.7 Å². The van der Waals surface area contributed by atoms with Crippen LogP contribution in [-0.2, 0) is 19.9 Å². The summed E-state index contributed by atoms with van der Waals surface area (Å²) < 4.78 is 4.80. The molecule has 1 heterocycles. The number of aliphatic hydroxyl groups is 1. The van der Waals surface area contributed by atoms with Crippen molar-refractivity contribution < 1.29 is 19.4 Å². The van der Waals surface area contributed by atoms with Crippen LogP contribution in [0.2, 0.25) is 0 Å². The number of carbonyl (C=O) groups excluding carboxylic acids is 2. The second-order valence-corrected chi connectivity index (χ2v) is 6.53. The molecule has 0 atom stereocenters. The van der Waals surface area contributed by atoms with Crippen LogP contribution in [0.25, 0.3) is 0 Å². The van der Waals surface area contributed by atoms with Crippen LogP contribution in [-0.4, -0.2) is 42.1 Å². The number of ether oxygens (including phenoxy) is 1. The van der Waals surface area contributed by atoms with Crippen LogP contribution >= 0.6 is 0 Å². The van der Waals surface area contributed by atoms with Gasteiger partial charge in [-0.2, -0.15) is 0 Å². The zero-order valence-corrected chi connectivity index (χ0v) is 14.8. The Hall–Kier alpha value is -2.66. The summed E-state index contributed by atoms with van der Waals surface area (Å²) >= 11 is 0. The molecule has 5 heteroatoms. The molecule has 0 aliphatic carbocycles. The summed E-state index contributed by atoms with van der Waals surface area (Å²) in [4.78, 5) is 26.7. The van der Waals surface area contributed by atoms with E-state index in [0.29, 0.717) is 37.1 Å². The molecule has 2 aromatic rings. The number of rotatable bonds is 4. The van der Waals surface area contributed by atoms with Gasteiger partial charge in [0.1, 0.15) is 0 Å². The Morgan fingerprint density at radius 3 is 1.85 bits per heavy atom. The van der Waals surface area contributed by atoms with Crippen LogP contribution in [0.15, 0.2) is 60.7 Å². The molecule has 0 spiro atoms. The minimum absolute atomic E-state index is 0.189. The minimum Gasteiger partial charge on any atom is -0.469 e. The maximum atomic E-state index is 13.3. The minimum atomic E-state index is -1.75. The number of methoxy groups -OCH3 is 1. The third-order valence-corrected chi connectivity index (χ3v) is 5.01. The highest BCUT2D eigenvalue weighted by molar-refractivity contribution is 5.90. The van der Waals surface area contributed by atoms with Crippen molar-refractivity contribution in [1.29, 1.82) is 0 Å². The molecular weight excluding hydrogens is 330 g/mol. The zero-order chi connectivity index (χ0) is 18.6. The molecule has 0 aromatic heterocycles. The second kappa shape index (κ2) is 7.70. The van der Waals surface area contributed by atoms with Crippen molar-refractivity contribution in [2.24, 2.45) is 5.92 Å². The first-order valence-electron chi connectivity index (χ1n) is 8.78. The first kappa shape index (κ1) is 18.1. The topological polar surface area (TPSA) is 66.8 Å². The van der Waals surface area contributed by atoms with Gasteiger partial charge in [0.05, 0.1) is 13.0 Å². The Kier molecular flexibility index (Phi) is 5.38. The summed E-state index contributed by atoms with van der Waals surface area (Å²) in [5.74, 6) is -0.790. The van der Waals surface area contributed by atoms with Gasteiger partial charge < -0.3 is 14.7 Å². The van der Waals surface area contributed by atoms with E-state index in [1.165, 1.54) is 7.11 Å². The predicted octanol–water partition coefficient (Wildman–Crippen LogP) is 2.33. The molecule has 0 saturated carbocycles. The lowest BCUT2D eigenvalue weighted by Crippen LogP contribution is -2.51. The van der Waals surface area contributed by atoms with Gasteiger partial charge in [-0.3, -0.25) is 9.59 Å². The molecule has 5 nitrogen and oxygen atoms in total. The molecule has 2 aromatic carbocycles. The highest BCUT2D eigenvalue weighted by Crippen LogP contribution is 2.33. The molecule has 0 bridgehead atoms. The summed E-state index contributed by atoms with van der Waals surface area (Å²) in [6, 6.07) is 17.9. The van der Waals surface area contributed by atoms with Gasteiger partial charge in [-0.25, -0.2) is 0 Å². The molecular formula is C21H23NO4. The van der Waals surface area contributed by atoms with E-state index >= 15 is 0 Å². The van der Waals surface area contributed by atoms with Crippen molar-refractivity contribution in [2.75, 3.05) is 20.2 Å². The first-order chi connectivity index (χ1) is 12.6. The summed E-state index contributed by atoms with van der Waals surface area (Å²) in [7, 11) is 1.38. The molecule has 1 N–H and O–H groups in total. The third-order valence-electron chi connectivity index (χ3n) is 5.01. The Morgan fingerprint density at radius 2 is 1.42 bits per heavy atom. The number of benzene rings is 2. The van der Waals surface area contributed by atoms with E-state index in [-0.39, 0.29) is 17.8 Å².